The number of primary amides is 1. The lowest BCUT2D eigenvalue weighted by atomic mass is 10.1. The maximum Gasteiger partial charge on any atom is 0.410 e. The Kier molecular flexibility index (Phi) is 7.73. The third-order valence-electron chi connectivity index (χ3n) is 5.27. The molecule has 9 heteroatoms. The molecule has 0 radical (unpaired) electrons. The highest BCUT2D eigenvalue weighted by Gasteiger charge is 2.30. The molecule has 0 aliphatic carbocycles. The number of amides is 2. The van der Waals surface area contributed by atoms with Crippen LogP contribution in [0.4, 0.5) is 22.2 Å². The SMILES string of the molecule is CCCc1cccc(Nc2ncc(C(N)=O)c(NCC3CCN(C(=O)OC(C)(C)C)C3)n2)c1. The Morgan fingerprint density at radius 3 is 2.79 bits per heavy atom. The van der Waals surface area contributed by atoms with Gasteiger partial charge in [-0.2, -0.15) is 4.98 Å². The molecular weight excluding hydrogens is 420 g/mol. The van der Waals surface area contributed by atoms with Crippen LogP contribution in [0.3, 0.4) is 0 Å². The van der Waals surface area contributed by atoms with Gasteiger partial charge in [0.05, 0.1) is 5.56 Å². The van der Waals surface area contributed by atoms with Crippen molar-refractivity contribution >= 4 is 29.5 Å². The van der Waals surface area contributed by atoms with Crippen LogP contribution in [0, 0.1) is 5.92 Å². The molecule has 2 amide bonds. The Labute approximate surface area is 195 Å². The van der Waals surface area contributed by atoms with Crippen LogP contribution in [0.5, 0.6) is 0 Å². The van der Waals surface area contributed by atoms with Crippen LogP contribution < -0.4 is 16.4 Å². The zero-order valence-corrected chi connectivity index (χ0v) is 19.9. The second-order valence-corrected chi connectivity index (χ2v) is 9.36. The molecule has 0 spiro atoms. The maximum absolute atomic E-state index is 12.3. The minimum atomic E-state index is -0.601. The fourth-order valence-corrected chi connectivity index (χ4v) is 3.71. The highest BCUT2D eigenvalue weighted by atomic mass is 16.6. The average Bonchev–Trinajstić information content (AvgIpc) is 3.21. The first kappa shape index (κ1) is 24.3. The lowest BCUT2D eigenvalue weighted by Crippen LogP contribution is -2.35. The van der Waals surface area contributed by atoms with Crippen LogP contribution in [0.2, 0.25) is 0 Å². The van der Waals surface area contributed by atoms with Gasteiger partial charge in [0, 0.05) is 31.5 Å². The van der Waals surface area contributed by atoms with Gasteiger partial charge in [0.15, 0.2) is 0 Å². The first-order valence-electron chi connectivity index (χ1n) is 11.4. The summed E-state index contributed by atoms with van der Waals surface area (Å²) in [6.07, 6.45) is 4.01. The molecule has 1 aliphatic heterocycles. The number of anilines is 3. The lowest BCUT2D eigenvalue weighted by molar-refractivity contribution is 0.0289. The van der Waals surface area contributed by atoms with Gasteiger partial charge in [-0.3, -0.25) is 4.79 Å². The number of rotatable bonds is 8. The number of nitrogens with zero attached hydrogens (tertiary/aromatic N) is 3. The van der Waals surface area contributed by atoms with Gasteiger partial charge in [-0.05, 0) is 57.2 Å². The molecule has 4 N–H and O–H groups in total. The molecule has 2 heterocycles. The van der Waals surface area contributed by atoms with Gasteiger partial charge in [0.25, 0.3) is 5.91 Å². The molecule has 9 nitrogen and oxygen atoms in total. The summed E-state index contributed by atoms with van der Waals surface area (Å²) in [6.45, 7) is 9.45. The summed E-state index contributed by atoms with van der Waals surface area (Å²) in [7, 11) is 0. The number of aromatic nitrogens is 2. The summed E-state index contributed by atoms with van der Waals surface area (Å²) in [6, 6.07) is 8.08. The quantitative estimate of drug-likeness (QED) is 0.552. The molecule has 1 saturated heterocycles. The smallest absolute Gasteiger partial charge is 0.410 e. The molecule has 178 valence electrons. The Bertz CT molecular complexity index is 988. The summed E-state index contributed by atoms with van der Waals surface area (Å²) in [4.78, 5) is 34.6. The van der Waals surface area contributed by atoms with Gasteiger partial charge in [0.2, 0.25) is 5.95 Å². The van der Waals surface area contributed by atoms with Crippen molar-refractivity contribution in [1.29, 1.82) is 0 Å². The standard InChI is InChI=1S/C24H34N6O3/c1-5-7-16-8-6-9-18(12-16)28-22-27-14-19(20(25)31)21(29-22)26-13-17-10-11-30(15-17)23(32)33-24(2,3)4/h6,8-9,12,14,17H,5,7,10-11,13,15H2,1-4H3,(H2,25,31)(H2,26,27,28,29). The molecule has 2 aromatic rings. The fourth-order valence-electron chi connectivity index (χ4n) is 3.71. The van der Waals surface area contributed by atoms with Gasteiger partial charge in [0.1, 0.15) is 11.4 Å². The zero-order chi connectivity index (χ0) is 24.0. The van der Waals surface area contributed by atoms with Crippen LogP contribution >= 0.6 is 0 Å². The van der Waals surface area contributed by atoms with Crippen molar-refractivity contribution in [3.8, 4) is 0 Å². The second-order valence-electron chi connectivity index (χ2n) is 9.36. The van der Waals surface area contributed by atoms with E-state index >= 15 is 0 Å². The van der Waals surface area contributed by atoms with Crippen LogP contribution in [0.15, 0.2) is 30.5 Å². The highest BCUT2D eigenvalue weighted by molar-refractivity contribution is 5.97. The molecule has 1 unspecified atom stereocenters. The summed E-state index contributed by atoms with van der Waals surface area (Å²) in [5, 5.41) is 6.43. The largest absolute Gasteiger partial charge is 0.444 e. The molecule has 0 saturated carbocycles. The highest BCUT2D eigenvalue weighted by Crippen LogP contribution is 2.22. The van der Waals surface area contributed by atoms with E-state index in [9.17, 15) is 9.59 Å². The van der Waals surface area contributed by atoms with E-state index in [1.165, 1.54) is 11.8 Å². The number of aryl methyl sites for hydroxylation is 1. The molecule has 0 bridgehead atoms. The number of nitrogens with one attached hydrogen (secondary N) is 2. The predicted molar refractivity (Wildman–Crippen MR) is 129 cm³/mol. The number of nitrogens with two attached hydrogens (primary N) is 1. The van der Waals surface area contributed by atoms with Crippen molar-refractivity contribution in [2.24, 2.45) is 11.7 Å². The average molecular weight is 455 g/mol. The van der Waals surface area contributed by atoms with Gasteiger partial charge in [-0.1, -0.05) is 25.5 Å². The first-order chi connectivity index (χ1) is 15.6. The molecule has 1 fully saturated rings. The van der Waals surface area contributed by atoms with E-state index in [4.69, 9.17) is 10.5 Å². The van der Waals surface area contributed by atoms with E-state index < -0.39 is 11.5 Å². The summed E-state index contributed by atoms with van der Waals surface area (Å²) in [5.74, 6) is 0.351. The minimum absolute atomic E-state index is 0.204. The predicted octanol–water partition coefficient (Wildman–Crippen LogP) is 3.94. The van der Waals surface area contributed by atoms with Gasteiger partial charge in [-0.25, -0.2) is 9.78 Å². The van der Waals surface area contributed by atoms with Crippen molar-refractivity contribution < 1.29 is 14.3 Å². The van der Waals surface area contributed by atoms with Gasteiger partial charge in [-0.15, -0.1) is 0 Å². The van der Waals surface area contributed by atoms with Crippen molar-refractivity contribution in [1.82, 2.24) is 14.9 Å². The van der Waals surface area contributed by atoms with Gasteiger partial charge >= 0.3 is 6.09 Å². The number of carbonyl (C=O) groups excluding carboxylic acids is 2. The number of likely N-dealkylation sites (tertiary alicyclic amines) is 1. The molecule has 1 atom stereocenters. The van der Waals surface area contributed by atoms with Crippen LogP contribution in [-0.4, -0.2) is 52.1 Å². The number of hydrogen-bond donors (Lipinski definition) is 3. The Morgan fingerprint density at radius 2 is 2.09 bits per heavy atom. The molecular formula is C24H34N6O3. The van der Waals surface area contributed by atoms with Crippen LogP contribution in [0.25, 0.3) is 0 Å². The first-order valence-corrected chi connectivity index (χ1v) is 11.4. The molecule has 1 aromatic carbocycles. The number of ether oxygens (including phenoxy) is 1. The molecule has 3 rings (SSSR count). The van der Waals surface area contributed by atoms with Crippen molar-refractivity contribution in [3.63, 3.8) is 0 Å². The van der Waals surface area contributed by atoms with E-state index in [0.29, 0.717) is 31.4 Å². The topological polar surface area (TPSA) is 122 Å². The third kappa shape index (κ3) is 7.06. The summed E-state index contributed by atoms with van der Waals surface area (Å²) >= 11 is 0. The monoisotopic (exact) mass is 454 g/mol. The third-order valence-corrected chi connectivity index (χ3v) is 5.27. The van der Waals surface area contributed by atoms with Crippen molar-refractivity contribution in [3.05, 3.63) is 41.6 Å². The fraction of sp³-hybridized carbons (Fsp3) is 0.500. The Hall–Kier alpha value is -3.36. The van der Waals surface area contributed by atoms with E-state index in [2.05, 4.69) is 39.7 Å². The van der Waals surface area contributed by atoms with Gasteiger partial charge < -0.3 is 26.0 Å². The van der Waals surface area contributed by atoms with E-state index in [1.54, 1.807) is 4.90 Å². The second kappa shape index (κ2) is 10.5. The van der Waals surface area contributed by atoms with E-state index in [-0.39, 0.29) is 17.6 Å². The van der Waals surface area contributed by atoms with Crippen molar-refractivity contribution in [2.45, 2.75) is 52.6 Å². The summed E-state index contributed by atoms with van der Waals surface area (Å²) in [5.41, 5.74) is 7.33. The number of benzene rings is 1. The van der Waals surface area contributed by atoms with Crippen LogP contribution in [0.1, 0.15) is 56.5 Å². The Balaban J connectivity index is 1.65. The number of carbonyl (C=O) groups is 2. The summed E-state index contributed by atoms with van der Waals surface area (Å²) < 4.78 is 5.46. The lowest BCUT2D eigenvalue weighted by Gasteiger charge is -2.24. The molecule has 1 aliphatic rings. The molecule has 1 aromatic heterocycles. The maximum atomic E-state index is 12.3. The van der Waals surface area contributed by atoms with E-state index in [0.717, 1.165) is 24.9 Å². The Morgan fingerprint density at radius 1 is 1.30 bits per heavy atom. The van der Waals surface area contributed by atoms with Crippen LogP contribution in [-0.2, 0) is 11.2 Å². The normalized spacial score (nSPS) is 15.9. The number of hydrogen-bond acceptors (Lipinski definition) is 7. The van der Waals surface area contributed by atoms with Crippen molar-refractivity contribution in [2.75, 3.05) is 30.3 Å². The van der Waals surface area contributed by atoms with E-state index in [1.807, 2.05) is 32.9 Å². The molecule has 33 heavy (non-hydrogen) atoms. The zero-order valence-electron chi connectivity index (χ0n) is 19.9. The minimum Gasteiger partial charge on any atom is -0.444 e.